The third kappa shape index (κ3) is 3.28. The summed E-state index contributed by atoms with van der Waals surface area (Å²) in [5, 5.41) is 2.63. The second-order valence-corrected chi connectivity index (χ2v) is 5.71. The SMILES string of the molecule is CCCC/C(=C\c1cccc2ccccc12)c1ccccc1. The summed E-state index contributed by atoms with van der Waals surface area (Å²) in [6.45, 7) is 2.25. The first kappa shape index (κ1) is 14.6. The molecule has 0 amide bonds. The Kier molecular flexibility index (Phi) is 4.70. The standard InChI is InChI=1S/C22H22/c1-2-3-10-20(18-11-5-4-6-12-18)17-21-15-9-14-19-13-7-8-16-22(19)21/h4-9,11-17H,2-3,10H2,1H3/b20-17+. The van der Waals surface area contributed by atoms with E-state index in [2.05, 4.69) is 85.8 Å². The van der Waals surface area contributed by atoms with Crippen molar-refractivity contribution in [3.05, 3.63) is 83.9 Å². The third-order valence-corrected chi connectivity index (χ3v) is 4.10. The number of hydrogen-bond acceptors (Lipinski definition) is 0. The molecule has 0 nitrogen and oxygen atoms in total. The number of allylic oxidation sites excluding steroid dienone is 1. The number of rotatable bonds is 5. The van der Waals surface area contributed by atoms with Crippen molar-refractivity contribution in [2.24, 2.45) is 0 Å². The van der Waals surface area contributed by atoms with Crippen molar-refractivity contribution in [1.82, 2.24) is 0 Å². The van der Waals surface area contributed by atoms with E-state index in [9.17, 15) is 0 Å². The number of unbranched alkanes of at least 4 members (excludes halogenated alkanes) is 1. The van der Waals surface area contributed by atoms with Crippen LogP contribution >= 0.6 is 0 Å². The average molecular weight is 286 g/mol. The van der Waals surface area contributed by atoms with Crippen LogP contribution in [0.1, 0.15) is 37.3 Å². The zero-order valence-electron chi connectivity index (χ0n) is 13.1. The van der Waals surface area contributed by atoms with E-state index in [0.29, 0.717) is 0 Å². The second-order valence-electron chi connectivity index (χ2n) is 5.71. The number of fused-ring (bicyclic) bond motifs is 1. The van der Waals surface area contributed by atoms with Crippen LogP contribution in [0.2, 0.25) is 0 Å². The molecule has 0 heterocycles. The number of benzene rings is 3. The molecule has 3 aromatic rings. The highest BCUT2D eigenvalue weighted by molar-refractivity contribution is 5.95. The van der Waals surface area contributed by atoms with Crippen molar-refractivity contribution >= 4 is 22.4 Å². The molecule has 0 aliphatic carbocycles. The van der Waals surface area contributed by atoms with Crippen molar-refractivity contribution in [3.63, 3.8) is 0 Å². The van der Waals surface area contributed by atoms with Gasteiger partial charge in [0.2, 0.25) is 0 Å². The lowest BCUT2D eigenvalue weighted by Gasteiger charge is -2.09. The van der Waals surface area contributed by atoms with Gasteiger partial charge < -0.3 is 0 Å². The lowest BCUT2D eigenvalue weighted by atomic mass is 9.96. The van der Waals surface area contributed by atoms with Gasteiger partial charge in [-0.3, -0.25) is 0 Å². The number of hydrogen-bond donors (Lipinski definition) is 0. The fourth-order valence-corrected chi connectivity index (χ4v) is 2.88. The smallest absolute Gasteiger partial charge is 0.0111 e. The second kappa shape index (κ2) is 7.09. The summed E-state index contributed by atoms with van der Waals surface area (Å²) in [5.41, 5.74) is 4.08. The van der Waals surface area contributed by atoms with Crippen LogP contribution in [-0.2, 0) is 0 Å². The molecule has 0 atom stereocenters. The average Bonchev–Trinajstić information content (AvgIpc) is 2.59. The molecule has 0 fully saturated rings. The van der Waals surface area contributed by atoms with Gasteiger partial charge in [0.15, 0.2) is 0 Å². The van der Waals surface area contributed by atoms with Gasteiger partial charge in [-0.05, 0) is 40.3 Å². The van der Waals surface area contributed by atoms with E-state index in [1.165, 1.54) is 40.3 Å². The minimum absolute atomic E-state index is 1.13. The Labute approximate surface area is 133 Å². The van der Waals surface area contributed by atoms with Crippen LogP contribution in [0.4, 0.5) is 0 Å². The van der Waals surface area contributed by atoms with Crippen LogP contribution in [0.15, 0.2) is 72.8 Å². The van der Waals surface area contributed by atoms with Crippen molar-refractivity contribution in [2.75, 3.05) is 0 Å². The molecule has 0 aliphatic rings. The third-order valence-electron chi connectivity index (χ3n) is 4.10. The van der Waals surface area contributed by atoms with Gasteiger partial charge in [-0.25, -0.2) is 0 Å². The van der Waals surface area contributed by atoms with Crippen molar-refractivity contribution in [2.45, 2.75) is 26.2 Å². The quantitative estimate of drug-likeness (QED) is 0.465. The maximum absolute atomic E-state index is 2.37. The molecule has 0 saturated heterocycles. The fraction of sp³-hybridized carbons (Fsp3) is 0.182. The first-order chi connectivity index (χ1) is 10.9. The van der Waals surface area contributed by atoms with E-state index in [0.717, 1.165) is 6.42 Å². The van der Waals surface area contributed by atoms with Gasteiger partial charge in [0.1, 0.15) is 0 Å². The van der Waals surface area contributed by atoms with Gasteiger partial charge in [-0.1, -0.05) is 92.2 Å². The van der Waals surface area contributed by atoms with E-state index in [-0.39, 0.29) is 0 Å². The Hall–Kier alpha value is -2.34. The van der Waals surface area contributed by atoms with E-state index in [4.69, 9.17) is 0 Å². The molecular formula is C22H22. The Morgan fingerprint density at radius 1 is 0.818 bits per heavy atom. The first-order valence-electron chi connectivity index (χ1n) is 8.12. The summed E-state index contributed by atoms with van der Waals surface area (Å²) in [6.07, 6.45) is 5.95. The normalized spacial score (nSPS) is 11.8. The van der Waals surface area contributed by atoms with Gasteiger partial charge >= 0.3 is 0 Å². The minimum Gasteiger partial charge on any atom is -0.0654 e. The maximum Gasteiger partial charge on any atom is -0.0111 e. The predicted octanol–water partition coefficient (Wildman–Crippen LogP) is 6.57. The minimum atomic E-state index is 1.13. The van der Waals surface area contributed by atoms with Gasteiger partial charge in [-0.2, -0.15) is 0 Å². The first-order valence-corrected chi connectivity index (χ1v) is 8.12. The van der Waals surface area contributed by atoms with Crippen molar-refractivity contribution in [3.8, 4) is 0 Å². The van der Waals surface area contributed by atoms with Crippen LogP contribution in [-0.4, -0.2) is 0 Å². The molecule has 22 heavy (non-hydrogen) atoms. The van der Waals surface area contributed by atoms with E-state index in [1.807, 2.05) is 0 Å². The maximum atomic E-state index is 2.37. The van der Waals surface area contributed by atoms with Gasteiger partial charge in [0, 0.05) is 0 Å². The van der Waals surface area contributed by atoms with Gasteiger partial charge in [-0.15, -0.1) is 0 Å². The highest BCUT2D eigenvalue weighted by Gasteiger charge is 2.03. The van der Waals surface area contributed by atoms with Crippen LogP contribution in [0.25, 0.3) is 22.4 Å². The lowest BCUT2D eigenvalue weighted by molar-refractivity contribution is 0.825. The lowest BCUT2D eigenvalue weighted by Crippen LogP contribution is -1.86. The molecule has 0 radical (unpaired) electrons. The van der Waals surface area contributed by atoms with Crippen molar-refractivity contribution in [1.29, 1.82) is 0 Å². The molecule has 3 aromatic carbocycles. The van der Waals surface area contributed by atoms with Gasteiger partial charge in [0.25, 0.3) is 0 Å². The predicted molar refractivity (Wildman–Crippen MR) is 97.8 cm³/mol. The Balaban J connectivity index is 2.07. The van der Waals surface area contributed by atoms with E-state index < -0.39 is 0 Å². The molecule has 0 heteroatoms. The monoisotopic (exact) mass is 286 g/mol. The van der Waals surface area contributed by atoms with Crippen LogP contribution in [0.3, 0.4) is 0 Å². The summed E-state index contributed by atoms with van der Waals surface area (Å²) in [4.78, 5) is 0. The van der Waals surface area contributed by atoms with Crippen LogP contribution < -0.4 is 0 Å². The zero-order chi connectivity index (χ0) is 15.2. The Bertz CT molecular complexity index is 761. The fourth-order valence-electron chi connectivity index (χ4n) is 2.88. The largest absolute Gasteiger partial charge is 0.0654 e. The zero-order valence-corrected chi connectivity index (χ0v) is 13.1. The highest BCUT2D eigenvalue weighted by atomic mass is 14.1. The summed E-state index contributed by atoms with van der Waals surface area (Å²) >= 11 is 0. The molecule has 0 N–H and O–H groups in total. The molecule has 110 valence electrons. The summed E-state index contributed by atoms with van der Waals surface area (Å²) in [6, 6.07) is 25.9. The highest BCUT2D eigenvalue weighted by Crippen LogP contribution is 2.27. The molecule has 0 spiro atoms. The van der Waals surface area contributed by atoms with E-state index in [1.54, 1.807) is 0 Å². The van der Waals surface area contributed by atoms with Gasteiger partial charge in [0.05, 0.1) is 0 Å². The van der Waals surface area contributed by atoms with Crippen LogP contribution in [0.5, 0.6) is 0 Å². The Morgan fingerprint density at radius 2 is 1.55 bits per heavy atom. The molecule has 0 saturated carbocycles. The summed E-state index contributed by atoms with van der Waals surface area (Å²) < 4.78 is 0. The molecular weight excluding hydrogens is 264 g/mol. The van der Waals surface area contributed by atoms with Crippen LogP contribution in [0, 0.1) is 0 Å². The summed E-state index contributed by atoms with van der Waals surface area (Å²) in [5.74, 6) is 0. The molecule has 3 rings (SSSR count). The summed E-state index contributed by atoms with van der Waals surface area (Å²) in [7, 11) is 0. The molecule has 0 aliphatic heterocycles. The van der Waals surface area contributed by atoms with E-state index >= 15 is 0 Å². The molecule has 0 aromatic heterocycles. The molecule has 0 unspecified atom stereocenters. The molecule has 0 bridgehead atoms. The van der Waals surface area contributed by atoms with Crippen molar-refractivity contribution < 1.29 is 0 Å². The Morgan fingerprint density at radius 3 is 2.36 bits per heavy atom. The topological polar surface area (TPSA) is 0 Å².